The van der Waals surface area contributed by atoms with Gasteiger partial charge in [0.05, 0.1) is 25.3 Å². The van der Waals surface area contributed by atoms with Crippen LogP contribution in [0, 0.1) is 22.7 Å². The number of hydrogen-bond donors (Lipinski definition) is 0. The molecule has 0 spiro atoms. The standard InChI is InChI=1S/C33H32N2O5/c1-19-17-32(30(37)39-3)27(23-13-15-34-25-11-7-5-9-21(23)25)20(2)28(33(18-19,29(32)36)31(38)40-4)24-14-16-35-26-12-8-6-10-22(24)26/h5-16,19-20,27-28H,17-18H2,1-4H3. The Hall–Kier alpha value is -4.13. The maximum atomic E-state index is 15.2. The Labute approximate surface area is 232 Å². The molecule has 4 aromatic rings. The second-order valence-corrected chi connectivity index (χ2v) is 11.4. The molecule has 0 N–H and O–H groups in total. The molecule has 4 unspecified atom stereocenters. The summed E-state index contributed by atoms with van der Waals surface area (Å²) in [6.07, 6.45) is 4.02. The van der Waals surface area contributed by atoms with Crippen LogP contribution in [0.15, 0.2) is 73.1 Å². The largest absolute Gasteiger partial charge is 0.468 e. The third-order valence-corrected chi connectivity index (χ3v) is 9.40. The number of hydrogen-bond acceptors (Lipinski definition) is 7. The average Bonchev–Trinajstić information content (AvgIpc) is 2.98. The molecule has 6 rings (SSSR count). The summed E-state index contributed by atoms with van der Waals surface area (Å²) in [4.78, 5) is 52.3. The van der Waals surface area contributed by atoms with E-state index in [4.69, 9.17) is 9.47 Å². The summed E-state index contributed by atoms with van der Waals surface area (Å²) in [7, 11) is 2.64. The number of ether oxygens (including phenoxy) is 2. The van der Waals surface area contributed by atoms with E-state index in [-0.39, 0.29) is 24.7 Å². The minimum absolute atomic E-state index is 0.130. The number of benzene rings is 2. The van der Waals surface area contributed by atoms with Crippen molar-refractivity contribution >= 4 is 39.5 Å². The molecule has 2 aromatic carbocycles. The number of ketones is 1. The van der Waals surface area contributed by atoms with Gasteiger partial charge in [0.2, 0.25) is 0 Å². The van der Waals surface area contributed by atoms with Crippen LogP contribution in [0.5, 0.6) is 0 Å². The Morgan fingerprint density at radius 2 is 1.15 bits per heavy atom. The van der Waals surface area contributed by atoms with Gasteiger partial charge in [-0.1, -0.05) is 50.2 Å². The Balaban J connectivity index is 1.74. The van der Waals surface area contributed by atoms with Crippen LogP contribution in [0.3, 0.4) is 0 Å². The fourth-order valence-electron chi connectivity index (χ4n) is 8.23. The van der Waals surface area contributed by atoms with E-state index >= 15 is 4.79 Å². The zero-order valence-electron chi connectivity index (χ0n) is 23.1. The molecule has 2 bridgehead atoms. The van der Waals surface area contributed by atoms with Gasteiger partial charge < -0.3 is 9.47 Å². The number of carbonyl (C=O) groups is 3. The van der Waals surface area contributed by atoms with Crippen LogP contribution in [0.25, 0.3) is 21.8 Å². The lowest BCUT2D eigenvalue weighted by Crippen LogP contribution is -2.67. The van der Waals surface area contributed by atoms with Gasteiger partial charge in [-0.05, 0) is 60.1 Å². The fraction of sp³-hybridized carbons (Fsp3) is 0.364. The molecule has 2 aromatic heterocycles. The Morgan fingerprint density at radius 1 is 0.725 bits per heavy atom. The number of pyridine rings is 2. The van der Waals surface area contributed by atoms with Crippen molar-refractivity contribution < 1.29 is 23.9 Å². The van der Waals surface area contributed by atoms with Crippen molar-refractivity contribution in [3.05, 3.63) is 84.2 Å². The van der Waals surface area contributed by atoms with Gasteiger partial charge in [-0.2, -0.15) is 0 Å². The highest BCUT2D eigenvalue weighted by Gasteiger charge is 2.74. The molecule has 40 heavy (non-hydrogen) atoms. The van der Waals surface area contributed by atoms with Crippen molar-refractivity contribution in [1.29, 1.82) is 0 Å². The van der Waals surface area contributed by atoms with Crippen molar-refractivity contribution in [2.24, 2.45) is 22.7 Å². The summed E-state index contributed by atoms with van der Waals surface area (Å²) >= 11 is 0. The number of esters is 2. The smallest absolute Gasteiger partial charge is 0.320 e. The van der Waals surface area contributed by atoms with Crippen molar-refractivity contribution in [1.82, 2.24) is 9.97 Å². The normalized spacial score (nSPS) is 29.8. The third-order valence-electron chi connectivity index (χ3n) is 9.40. The van der Waals surface area contributed by atoms with Crippen LogP contribution in [0.1, 0.15) is 49.7 Å². The molecule has 4 atom stereocenters. The number of fused-ring (bicyclic) bond motifs is 4. The minimum atomic E-state index is -1.57. The van der Waals surface area contributed by atoms with Crippen molar-refractivity contribution in [2.75, 3.05) is 14.2 Å². The number of methoxy groups -OCH3 is 2. The topological polar surface area (TPSA) is 95.5 Å². The van der Waals surface area contributed by atoms with E-state index in [1.54, 1.807) is 12.4 Å². The van der Waals surface area contributed by atoms with Gasteiger partial charge in [-0.3, -0.25) is 24.4 Å². The van der Waals surface area contributed by atoms with E-state index in [9.17, 15) is 9.59 Å². The Morgan fingerprint density at radius 3 is 1.57 bits per heavy atom. The quantitative estimate of drug-likeness (QED) is 0.247. The second kappa shape index (κ2) is 9.51. The zero-order chi connectivity index (χ0) is 28.2. The SMILES string of the molecule is COC(=O)C12CC(C)CC(C(=O)OC)(C1=O)C(c1ccnc3ccccc13)C(C)C2c1ccnc2ccccc12. The van der Waals surface area contributed by atoms with Crippen molar-refractivity contribution in [2.45, 2.75) is 38.5 Å². The van der Waals surface area contributed by atoms with E-state index in [0.29, 0.717) is 0 Å². The van der Waals surface area contributed by atoms with E-state index in [1.807, 2.05) is 67.6 Å². The number of rotatable bonds is 4. The van der Waals surface area contributed by atoms with Crippen LogP contribution in [-0.4, -0.2) is 41.9 Å². The molecule has 0 radical (unpaired) electrons. The molecule has 0 aliphatic heterocycles. The molecule has 2 heterocycles. The molecular formula is C33H32N2O5. The van der Waals surface area contributed by atoms with E-state index in [0.717, 1.165) is 32.9 Å². The van der Waals surface area contributed by atoms with Gasteiger partial charge in [0.15, 0.2) is 5.78 Å². The number of aromatic nitrogens is 2. The zero-order valence-corrected chi connectivity index (χ0v) is 23.1. The summed E-state index contributed by atoms with van der Waals surface area (Å²) in [5, 5.41) is 1.75. The summed E-state index contributed by atoms with van der Waals surface area (Å²) < 4.78 is 10.9. The number of nitrogens with zero attached hydrogens (tertiary/aromatic N) is 2. The molecule has 2 fully saturated rings. The molecule has 7 nitrogen and oxygen atoms in total. The van der Waals surface area contributed by atoms with Gasteiger partial charge in [-0.25, -0.2) is 0 Å². The monoisotopic (exact) mass is 536 g/mol. The maximum absolute atomic E-state index is 15.2. The Kier molecular flexibility index (Phi) is 6.21. The lowest BCUT2D eigenvalue weighted by atomic mass is 9.40. The van der Waals surface area contributed by atoms with E-state index in [1.165, 1.54) is 14.2 Å². The molecular weight excluding hydrogens is 504 g/mol. The number of para-hydroxylation sites is 2. The summed E-state index contributed by atoms with van der Waals surface area (Å²) in [6, 6.07) is 19.3. The first-order chi connectivity index (χ1) is 19.3. The van der Waals surface area contributed by atoms with Gasteiger partial charge >= 0.3 is 11.9 Å². The van der Waals surface area contributed by atoms with E-state index < -0.39 is 40.4 Å². The predicted octanol–water partition coefficient (Wildman–Crippen LogP) is 5.62. The lowest BCUT2D eigenvalue weighted by Gasteiger charge is -2.59. The minimum Gasteiger partial charge on any atom is -0.468 e. The van der Waals surface area contributed by atoms with Gasteiger partial charge in [0.25, 0.3) is 0 Å². The van der Waals surface area contributed by atoms with Crippen molar-refractivity contribution in [3.8, 4) is 0 Å². The van der Waals surface area contributed by atoms with Crippen LogP contribution in [0.4, 0.5) is 0 Å². The maximum Gasteiger partial charge on any atom is 0.320 e. The second-order valence-electron chi connectivity index (χ2n) is 11.4. The van der Waals surface area contributed by atoms with Crippen molar-refractivity contribution in [3.63, 3.8) is 0 Å². The molecule has 2 aliphatic rings. The highest BCUT2D eigenvalue weighted by molar-refractivity contribution is 6.18. The average molecular weight is 537 g/mol. The molecule has 2 saturated carbocycles. The summed E-state index contributed by atoms with van der Waals surface area (Å²) in [5.41, 5.74) is 0.131. The van der Waals surface area contributed by atoms with E-state index in [2.05, 4.69) is 16.9 Å². The Bertz CT molecular complexity index is 1540. The predicted molar refractivity (Wildman–Crippen MR) is 150 cm³/mol. The molecule has 204 valence electrons. The molecule has 2 aliphatic carbocycles. The van der Waals surface area contributed by atoms with Gasteiger partial charge in [0.1, 0.15) is 10.8 Å². The molecule has 0 amide bonds. The first kappa shape index (κ1) is 26.1. The fourth-order valence-corrected chi connectivity index (χ4v) is 8.23. The summed E-state index contributed by atoms with van der Waals surface area (Å²) in [5.74, 6) is -3.22. The first-order valence-corrected chi connectivity index (χ1v) is 13.7. The van der Waals surface area contributed by atoms with Crippen LogP contribution < -0.4 is 0 Å². The highest BCUT2D eigenvalue weighted by Crippen LogP contribution is 2.68. The van der Waals surface area contributed by atoms with Crippen LogP contribution >= 0.6 is 0 Å². The van der Waals surface area contributed by atoms with Gasteiger partial charge in [0, 0.05) is 35.0 Å². The lowest BCUT2D eigenvalue weighted by molar-refractivity contribution is -0.189. The first-order valence-electron chi connectivity index (χ1n) is 13.7. The van der Waals surface area contributed by atoms with Crippen LogP contribution in [0.2, 0.25) is 0 Å². The highest BCUT2D eigenvalue weighted by atomic mass is 16.5. The molecule has 7 heteroatoms. The number of Topliss-reactive ketones (excluding diaryl/α,β-unsaturated/α-hetero) is 1. The van der Waals surface area contributed by atoms with Crippen LogP contribution in [-0.2, 0) is 23.9 Å². The van der Waals surface area contributed by atoms with Gasteiger partial charge in [-0.15, -0.1) is 0 Å². The third kappa shape index (κ3) is 3.39. The number of carbonyl (C=O) groups excluding carboxylic acids is 3. The molecule has 0 saturated heterocycles. The summed E-state index contributed by atoms with van der Waals surface area (Å²) in [6.45, 7) is 4.05.